The first-order valence-electron chi connectivity index (χ1n) is 1.48. The van der Waals surface area contributed by atoms with Crippen LogP contribution in [0.5, 0.6) is 0 Å². The zero-order valence-corrected chi connectivity index (χ0v) is 11.2. The van der Waals surface area contributed by atoms with Crippen molar-refractivity contribution in [2.75, 3.05) is 0 Å². The molecule has 11 heavy (non-hydrogen) atoms. The topological polar surface area (TPSA) is 152 Å². The third kappa shape index (κ3) is 438. The summed E-state index contributed by atoms with van der Waals surface area (Å²) in [5, 5.41) is 0. The summed E-state index contributed by atoms with van der Waals surface area (Å²) in [7, 11) is -9.31. The van der Waals surface area contributed by atoms with Crippen molar-refractivity contribution in [1.29, 1.82) is 0 Å². The van der Waals surface area contributed by atoms with E-state index in [2.05, 4.69) is 0 Å². The second-order valence-corrected chi connectivity index (χ2v) is 2.88. The Labute approximate surface area is 105 Å². The molecule has 0 aliphatic rings. The largest absolute Gasteiger partial charge is 2.00 e. The molecule has 0 unspecified atom stereocenters. The second-order valence-electron chi connectivity index (χ2n) is 0.961. The SMILES string of the molecule is O=P(O)(O)O.O=S(=O)(O)O.[Ba+2].[H-].[H-]. The van der Waals surface area contributed by atoms with Crippen molar-refractivity contribution in [3.8, 4) is 0 Å². The van der Waals surface area contributed by atoms with Crippen LogP contribution in [0.25, 0.3) is 0 Å². The van der Waals surface area contributed by atoms with E-state index in [4.69, 9.17) is 36.8 Å². The van der Waals surface area contributed by atoms with E-state index in [1.54, 1.807) is 0 Å². The third-order valence-corrected chi connectivity index (χ3v) is 0. The van der Waals surface area contributed by atoms with E-state index < -0.39 is 18.2 Å². The molecule has 11 heteroatoms. The van der Waals surface area contributed by atoms with Gasteiger partial charge in [-0.05, 0) is 0 Å². The van der Waals surface area contributed by atoms with E-state index in [1.807, 2.05) is 0 Å². The van der Waals surface area contributed by atoms with Crippen LogP contribution in [0, 0.1) is 0 Å². The number of hydrogen-bond donors (Lipinski definition) is 5. The Balaban J connectivity index is -0.0000000267. The van der Waals surface area contributed by atoms with Crippen LogP contribution in [0.3, 0.4) is 0 Å². The maximum atomic E-state index is 8.88. The van der Waals surface area contributed by atoms with Crippen LogP contribution in [0.15, 0.2) is 0 Å². The van der Waals surface area contributed by atoms with Gasteiger partial charge < -0.3 is 17.5 Å². The van der Waals surface area contributed by atoms with Gasteiger partial charge in [0, 0.05) is 0 Å². The van der Waals surface area contributed by atoms with Gasteiger partial charge in [0.1, 0.15) is 0 Å². The van der Waals surface area contributed by atoms with Gasteiger partial charge in [-0.15, -0.1) is 0 Å². The minimum Gasteiger partial charge on any atom is -1.00 e. The van der Waals surface area contributed by atoms with Crippen molar-refractivity contribution in [1.82, 2.24) is 0 Å². The van der Waals surface area contributed by atoms with Crippen LogP contribution in [-0.2, 0) is 15.0 Å². The summed E-state index contributed by atoms with van der Waals surface area (Å²) >= 11 is 0. The van der Waals surface area contributed by atoms with Crippen molar-refractivity contribution in [3.05, 3.63) is 0 Å². The molecule has 0 saturated carbocycles. The van der Waals surface area contributed by atoms with Crippen LogP contribution < -0.4 is 0 Å². The molecular weight excluding hydrogens is 328 g/mol. The summed E-state index contributed by atoms with van der Waals surface area (Å²) in [6.45, 7) is 0. The Bertz CT molecular complexity index is 200. The summed E-state index contributed by atoms with van der Waals surface area (Å²) in [5.74, 6) is 0. The third-order valence-electron chi connectivity index (χ3n) is 0. The summed E-state index contributed by atoms with van der Waals surface area (Å²) in [5.41, 5.74) is 0. The molecule has 0 bridgehead atoms. The van der Waals surface area contributed by atoms with Crippen LogP contribution in [-0.4, -0.2) is 81.1 Å². The van der Waals surface area contributed by atoms with Crippen molar-refractivity contribution >= 4 is 67.1 Å². The molecule has 0 heterocycles. The van der Waals surface area contributed by atoms with E-state index in [0.717, 1.165) is 0 Å². The Morgan fingerprint density at radius 2 is 1.09 bits per heavy atom. The quantitative estimate of drug-likeness (QED) is 0.199. The Morgan fingerprint density at radius 1 is 1.09 bits per heavy atom. The molecule has 0 saturated heterocycles. The fourth-order valence-electron chi connectivity index (χ4n) is 0. The first-order chi connectivity index (χ1) is 4.00. The molecule has 0 aromatic carbocycles. The fourth-order valence-corrected chi connectivity index (χ4v) is 0. The molecule has 8 nitrogen and oxygen atoms in total. The molecule has 0 radical (unpaired) electrons. The zero-order valence-electron chi connectivity index (χ0n) is 7.02. The summed E-state index contributed by atoms with van der Waals surface area (Å²) in [6.07, 6.45) is 0. The first-order valence-corrected chi connectivity index (χ1v) is 4.44. The minimum absolute atomic E-state index is 0. The van der Waals surface area contributed by atoms with E-state index in [0.29, 0.717) is 0 Å². The molecule has 0 aromatic rings. The smallest absolute Gasteiger partial charge is 1.00 e. The molecule has 0 aliphatic heterocycles. The van der Waals surface area contributed by atoms with Gasteiger partial charge in [0.2, 0.25) is 0 Å². The molecule has 0 spiro atoms. The van der Waals surface area contributed by atoms with Gasteiger partial charge in [-0.2, -0.15) is 8.42 Å². The predicted molar refractivity (Wildman–Crippen MR) is 36.4 cm³/mol. The Kier molecular flexibility index (Phi) is 11.7. The number of hydrogen-bond acceptors (Lipinski definition) is 3. The van der Waals surface area contributed by atoms with Crippen LogP contribution >= 0.6 is 7.82 Å². The maximum Gasteiger partial charge on any atom is 2.00 e. The molecule has 0 amide bonds. The molecule has 0 fully saturated rings. The normalized spacial score (nSPS) is 10.6. The van der Waals surface area contributed by atoms with Crippen molar-refractivity contribution < 1.29 is 39.6 Å². The summed E-state index contributed by atoms with van der Waals surface area (Å²) < 4.78 is 40.5. The van der Waals surface area contributed by atoms with Gasteiger partial charge in [0.15, 0.2) is 0 Å². The summed E-state index contributed by atoms with van der Waals surface area (Å²) in [6, 6.07) is 0. The van der Waals surface area contributed by atoms with Crippen LogP contribution in [0.4, 0.5) is 0 Å². The summed E-state index contributed by atoms with van der Waals surface area (Å²) in [4.78, 5) is 21.6. The van der Waals surface area contributed by atoms with Gasteiger partial charge in [-0.25, -0.2) is 4.57 Å². The van der Waals surface area contributed by atoms with Gasteiger partial charge in [0.25, 0.3) is 0 Å². The van der Waals surface area contributed by atoms with E-state index >= 15 is 0 Å². The molecular formula is H7BaO8PS. The molecule has 0 atom stereocenters. The zero-order chi connectivity index (χ0) is 9.00. The van der Waals surface area contributed by atoms with E-state index in [-0.39, 0.29) is 51.7 Å². The van der Waals surface area contributed by atoms with Crippen LogP contribution in [0.1, 0.15) is 2.85 Å². The molecule has 68 valence electrons. The van der Waals surface area contributed by atoms with E-state index in [1.165, 1.54) is 0 Å². The molecule has 0 aromatic heterocycles. The molecule has 0 aliphatic carbocycles. The molecule has 0 rings (SSSR count). The van der Waals surface area contributed by atoms with Gasteiger partial charge >= 0.3 is 67.1 Å². The average Bonchev–Trinajstić information content (AvgIpc) is 1.12. The molecule has 5 N–H and O–H groups in total. The van der Waals surface area contributed by atoms with Crippen molar-refractivity contribution in [2.45, 2.75) is 0 Å². The number of rotatable bonds is 0. The fraction of sp³-hybridized carbons (Fsp3) is 0. The van der Waals surface area contributed by atoms with Crippen molar-refractivity contribution in [3.63, 3.8) is 0 Å². The van der Waals surface area contributed by atoms with E-state index in [9.17, 15) is 0 Å². The second kappa shape index (κ2) is 7.00. The maximum absolute atomic E-state index is 8.88. The Hall–Kier alpha value is 1.55. The monoisotopic (exact) mass is 336 g/mol. The first kappa shape index (κ1) is 18.4. The standard InChI is InChI=1S/Ba.H3O4P.H2O4S.2H/c;2*1-5(2,3)4;;/h;(H3,1,2,3,4);(H2,1,2,3,4);;/q+2;;;2*-1. The van der Waals surface area contributed by atoms with Crippen molar-refractivity contribution in [2.24, 2.45) is 0 Å². The van der Waals surface area contributed by atoms with Crippen LogP contribution in [0.2, 0.25) is 0 Å². The minimum atomic E-state index is -4.67. The number of phosphoric acid groups is 1. The average molecular weight is 335 g/mol. The van der Waals surface area contributed by atoms with Gasteiger partial charge in [-0.1, -0.05) is 0 Å². The van der Waals surface area contributed by atoms with Gasteiger partial charge in [-0.3, -0.25) is 9.11 Å². The Morgan fingerprint density at radius 3 is 1.09 bits per heavy atom. The van der Waals surface area contributed by atoms with Gasteiger partial charge in [0.05, 0.1) is 0 Å². The predicted octanol–water partition coefficient (Wildman–Crippen LogP) is -1.74.